The van der Waals surface area contributed by atoms with Crippen LogP contribution in [0.2, 0.25) is 0 Å². The third-order valence-corrected chi connectivity index (χ3v) is 20.2. The molecule has 7 aromatic rings. The lowest BCUT2D eigenvalue weighted by Gasteiger charge is -2.46. The lowest BCUT2D eigenvalue weighted by molar-refractivity contribution is 0.402. The number of benzene rings is 7. The van der Waals surface area contributed by atoms with Gasteiger partial charge in [0.1, 0.15) is 0 Å². The van der Waals surface area contributed by atoms with Crippen LogP contribution in [0.5, 0.6) is 0 Å². The molecule has 76 heavy (non-hydrogen) atoms. The van der Waals surface area contributed by atoms with Crippen LogP contribution in [0, 0.1) is 13.8 Å². The highest BCUT2D eigenvalue weighted by Crippen LogP contribution is 2.58. The summed E-state index contributed by atoms with van der Waals surface area (Å²) in [6, 6.07) is 49.1. The van der Waals surface area contributed by atoms with E-state index in [0.717, 1.165) is 31.4 Å². The van der Waals surface area contributed by atoms with Gasteiger partial charge >= 0.3 is 0 Å². The Bertz CT molecular complexity index is 3430. The van der Waals surface area contributed by atoms with Crippen LogP contribution in [0.15, 0.2) is 121 Å². The molecular weight excluding hydrogens is 918 g/mol. The minimum atomic E-state index is -0.00819. The molecule has 0 amide bonds. The molecule has 4 heteroatoms. The van der Waals surface area contributed by atoms with E-state index in [4.69, 9.17) is 0 Å². The monoisotopic (exact) mass is 1000 g/mol. The van der Waals surface area contributed by atoms with Crippen LogP contribution >= 0.6 is 0 Å². The summed E-state index contributed by atoms with van der Waals surface area (Å²) >= 11 is 0. The smallest absolute Gasteiger partial charge is 0.252 e. The van der Waals surface area contributed by atoms with E-state index in [1.54, 1.807) is 0 Å². The van der Waals surface area contributed by atoms with Crippen molar-refractivity contribution in [2.75, 3.05) is 14.7 Å². The average Bonchev–Trinajstić information content (AvgIpc) is 3.99. The molecule has 3 nitrogen and oxygen atoms in total. The average molecular weight is 1000 g/mol. The fourth-order valence-electron chi connectivity index (χ4n) is 17.9. The quantitative estimate of drug-likeness (QED) is 0.159. The van der Waals surface area contributed by atoms with Crippen molar-refractivity contribution >= 4 is 74.3 Å². The summed E-state index contributed by atoms with van der Waals surface area (Å²) < 4.78 is 0. The van der Waals surface area contributed by atoms with Gasteiger partial charge in [0.15, 0.2) is 0 Å². The molecule has 13 rings (SSSR count). The predicted molar refractivity (Wildman–Crippen MR) is 327 cm³/mol. The Morgan fingerprint density at radius 2 is 0.658 bits per heavy atom. The molecule has 0 N–H and O–H groups in total. The van der Waals surface area contributed by atoms with Gasteiger partial charge in [-0.1, -0.05) is 171 Å². The maximum Gasteiger partial charge on any atom is 0.252 e. The first-order valence-electron chi connectivity index (χ1n) is 28.8. The molecule has 0 fully saturated rings. The van der Waals surface area contributed by atoms with E-state index in [-0.39, 0.29) is 50.0 Å². The Kier molecular flexibility index (Phi) is 10.0. The van der Waals surface area contributed by atoms with Gasteiger partial charge in [-0.3, -0.25) is 0 Å². The second-order valence-electron chi connectivity index (χ2n) is 30.1. The van der Waals surface area contributed by atoms with Crippen molar-refractivity contribution in [1.82, 2.24) is 0 Å². The van der Waals surface area contributed by atoms with Crippen molar-refractivity contribution in [2.45, 2.75) is 194 Å². The fraction of sp³-hybridized carbons (Fsp3) is 0.417. The van der Waals surface area contributed by atoms with Crippen LogP contribution in [-0.2, 0) is 43.3 Å². The number of aryl methyl sites for hydroxylation is 2. The molecule has 0 radical (unpaired) electrons. The summed E-state index contributed by atoms with van der Waals surface area (Å²) in [4.78, 5) is 8.05. The Labute approximate surface area is 457 Å². The molecule has 0 saturated carbocycles. The molecule has 0 atom stereocenters. The molecule has 2 aliphatic heterocycles. The Balaban J connectivity index is 1.21. The lowest BCUT2D eigenvalue weighted by Crippen LogP contribution is -2.62. The van der Waals surface area contributed by atoms with Gasteiger partial charge in [-0.2, -0.15) is 0 Å². The van der Waals surface area contributed by atoms with Crippen LogP contribution in [0.25, 0.3) is 0 Å². The number of para-hydroxylation sites is 2. The van der Waals surface area contributed by atoms with Crippen molar-refractivity contribution < 1.29 is 0 Å². The summed E-state index contributed by atoms with van der Waals surface area (Å²) in [6.07, 6.45) is 4.47. The van der Waals surface area contributed by atoms with Crippen molar-refractivity contribution in [1.29, 1.82) is 0 Å². The molecule has 0 bridgehead atoms. The largest absolute Gasteiger partial charge is 0.311 e. The van der Waals surface area contributed by atoms with Crippen molar-refractivity contribution in [3.63, 3.8) is 0 Å². The first-order chi connectivity index (χ1) is 35.4. The molecule has 6 aliphatic rings. The fourth-order valence-corrected chi connectivity index (χ4v) is 17.9. The van der Waals surface area contributed by atoms with E-state index >= 15 is 0 Å². The predicted octanol–water partition coefficient (Wildman–Crippen LogP) is 17.7. The summed E-state index contributed by atoms with van der Waals surface area (Å²) in [5.74, 6) is 0. The molecule has 0 spiro atoms. The van der Waals surface area contributed by atoms with Crippen molar-refractivity contribution in [2.24, 2.45) is 0 Å². The number of nitrogens with zero attached hydrogens (tertiary/aromatic N) is 3. The summed E-state index contributed by atoms with van der Waals surface area (Å²) in [5.41, 5.74) is 30.1. The molecule has 2 heterocycles. The van der Waals surface area contributed by atoms with E-state index in [1.165, 1.54) is 118 Å². The number of anilines is 9. The Morgan fingerprint density at radius 3 is 1.01 bits per heavy atom. The van der Waals surface area contributed by atoms with Gasteiger partial charge in [-0.05, 0) is 216 Å². The summed E-state index contributed by atoms with van der Waals surface area (Å²) in [6.45, 7) is 44.2. The topological polar surface area (TPSA) is 9.72 Å². The van der Waals surface area contributed by atoms with Gasteiger partial charge in [0.2, 0.25) is 0 Å². The highest BCUT2D eigenvalue weighted by Gasteiger charge is 2.52. The zero-order valence-electron chi connectivity index (χ0n) is 49.3. The molecule has 0 saturated heterocycles. The minimum Gasteiger partial charge on any atom is -0.311 e. The molecule has 4 aliphatic carbocycles. The first kappa shape index (κ1) is 49.6. The summed E-state index contributed by atoms with van der Waals surface area (Å²) in [5, 5.41) is 0. The maximum absolute atomic E-state index is 2.74. The third kappa shape index (κ3) is 6.92. The molecule has 0 unspecified atom stereocenters. The highest BCUT2D eigenvalue weighted by molar-refractivity contribution is 7.00. The van der Waals surface area contributed by atoms with Gasteiger partial charge in [-0.15, -0.1) is 0 Å². The van der Waals surface area contributed by atoms with Crippen LogP contribution in [0.1, 0.15) is 192 Å². The Hall–Kier alpha value is -6.00. The highest BCUT2D eigenvalue weighted by atomic mass is 15.2. The van der Waals surface area contributed by atoms with Crippen molar-refractivity contribution in [3.05, 3.63) is 177 Å². The third-order valence-electron chi connectivity index (χ3n) is 20.2. The van der Waals surface area contributed by atoms with Gasteiger partial charge in [0.05, 0.1) is 5.69 Å². The zero-order valence-corrected chi connectivity index (χ0v) is 49.3. The van der Waals surface area contributed by atoms with Gasteiger partial charge in [0, 0.05) is 45.5 Å². The van der Waals surface area contributed by atoms with E-state index in [0.29, 0.717) is 0 Å². The van der Waals surface area contributed by atoms with Gasteiger partial charge in [0.25, 0.3) is 6.71 Å². The van der Waals surface area contributed by atoms with E-state index in [9.17, 15) is 0 Å². The molecule has 0 aromatic heterocycles. The normalized spacial score (nSPS) is 21.1. The van der Waals surface area contributed by atoms with Gasteiger partial charge < -0.3 is 14.7 Å². The van der Waals surface area contributed by atoms with E-state index in [1.807, 2.05) is 0 Å². The zero-order chi connectivity index (χ0) is 54.0. The van der Waals surface area contributed by atoms with Crippen LogP contribution < -0.4 is 31.1 Å². The van der Waals surface area contributed by atoms with E-state index in [2.05, 4.69) is 261 Å². The molecule has 7 aromatic carbocycles. The molecule has 388 valence electrons. The lowest BCUT2D eigenvalue weighted by atomic mass is 9.33. The second-order valence-corrected chi connectivity index (χ2v) is 30.1. The van der Waals surface area contributed by atoms with Crippen molar-refractivity contribution in [3.8, 4) is 0 Å². The second kappa shape index (κ2) is 15.4. The Morgan fingerprint density at radius 1 is 0.342 bits per heavy atom. The van der Waals surface area contributed by atoms with Crippen LogP contribution in [-0.4, -0.2) is 6.71 Å². The van der Waals surface area contributed by atoms with Crippen LogP contribution in [0.4, 0.5) is 51.2 Å². The SMILES string of the molecule is Cc1ccccc1N(c1cc2c3c(c1)N(c1ccc4c(c1)C(C)(C)CC4(C)C)c1cc4c(cc1B3c1cc3c(cc1N2c1ccc2c(c1)C(C)(C)CC2(C)C)C(C)(C)CC3(C)C)C(C)(C)CC4(C)C)c1ccccc1C. The first-order valence-corrected chi connectivity index (χ1v) is 28.8. The minimum absolute atomic E-state index is 0.00819. The number of hydrogen-bond donors (Lipinski definition) is 0. The standard InChI is InChI=1S/C72H82BN3/c1-43-23-19-21-25-58(43)76(59-26-22-20-24-44(59)2)47-33-62-64-63(34-47)75(46-28-30-49-51(32-46)68(9,10)40-66(49,5)6)61-38-55-53(70(13,14)42-72(55,17)18)36-57(61)73(64)56-35-52-54(71(15,16)41-69(52,11)12)37-60(56)74(62)45-27-29-48-50(31-45)67(7,8)39-65(48,3)4/h19-38H,39-42H2,1-18H3. The number of fused-ring (bicyclic) bond motifs is 8. The number of rotatable bonds is 5. The summed E-state index contributed by atoms with van der Waals surface area (Å²) in [7, 11) is 0. The van der Waals surface area contributed by atoms with Crippen LogP contribution in [0.3, 0.4) is 0 Å². The molecular formula is C72H82BN3. The number of hydrogen-bond acceptors (Lipinski definition) is 3. The van der Waals surface area contributed by atoms with E-state index < -0.39 is 0 Å². The van der Waals surface area contributed by atoms with Gasteiger partial charge in [-0.25, -0.2) is 0 Å². The maximum atomic E-state index is 2.74.